The van der Waals surface area contributed by atoms with Gasteiger partial charge in [0, 0.05) is 35.9 Å². The van der Waals surface area contributed by atoms with Gasteiger partial charge in [-0.15, -0.1) is 0 Å². The highest BCUT2D eigenvalue weighted by molar-refractivity contribution is 6.34. The quantitative estimate of drug-likeness (QED) is 0.335. The number of hydrogen-bond acceptors (Lipinski definition) is 7. The smallest absolute Gasteiger partial charge is 0.341 e. The molecular weight excluding hydrogens is 543 g/mol. The van der Waals surface area contributed by atoms with Crippen LogP contribution in [0.15, 0.2) is 59.8 Å². The average molecular weight is 567 g/mol. The van der Waals surface area contributed by atoms with Crippen LogP contribution in [0.1, 0.15) is 34.8 Å². The van der Waals surface area contributed by atoms with Crippen LogP contribution in [0.5, 0.6) is 5.88 Å². The number of carboxylic acid groups (broad SMARTS) is 1. The summed E-state index contributed by atoms with van der Waals surface area (Å²) in [7, 11) is 0. The molecule has 1 N–H and O–H groups in total. The molecule has 1 aromatic carbocycles. The van der Waals surface area contributed by atoms with E-state index >= 15 is 0 Å². The molecule has 2 aliphatic rings. The van der Waals surface area contributed by atoms with Gasteiger partial charge < -0.3 is 24.0 Å². The Balaban J connectivity index is 1.41. The van der Waals surface area contributed by atoms with E-state index in [0.717, 1.165) is 30.8 Å². The second kappa shape index (κ2) is 10.5. The van der Waals surface area contributed by atoms with Crippen molar-refractivity contribution >= 4 is 45.8 Å². The Hall–Kier alpha value is -3.66. The summed E-state index contributed by atoms with van der Waals surface area (Å²) >= 11 is 12.9. The third-order valence-corrected chi connectivity index (χ3v) is 7.82. The molecule has 6 rings (SSSR count). The van der Waals surface area contributed by atoms with Crippen molar-refractivity contribution in [1.82, 2.24) is 14.5 Å². The average Bonchev–Trinajstić information content (AvgIpc) is 3.36. The van der Waals surface area contributed by atoms with Crippen molar-refractivity contribution in [3.63, 3.8) is 0 Å². The van der Waals surface area contributed by atoms with Gasteiger partial charge in [0.1, 0.15) is 17.2 Å². The first-order chi connectivity index (χ1) is 18.9. The predicted molar refractivity (Wildman–Crippen MR) is 148 cm³/mol. The molecule has 0 bridgehead atoms. The maximum atomic E-state index is 13.1. The molecule has 0 unspecified atom stereocenters. The number of aromatic carboxylic acids is 1. The fourth-order valence-corrected chi connectivity index (χ4v) is 5.54. The van der Waals surface area contributed by atoms with Crippen LogP contribution in [0.2, 0.25) is 10.0 Å². The lowest BCUT2D eigenvalue weighted by molar-refractivity contribution is 0.00671. The van der Waals surface area contributed by atoms with Gasteiger partial charge in [-0.05, 0) is 49.2 Å². The molecule has 5 heterocycles. The van der Waals surface area contributed by atoms with Crippen molar-refractivity contribution in [2.24, 2.45) is 0 Å². The lowest BCUT2D eigenvalue weighted by Gasteiger charge is -2.28. The molecule has 200 valence electrons. The molecule has 3 aromatic heterocycles. The predicted octanol–water partition coefficient (Wildman–Crippen LogP) is 4.95. The number of pyridine rings is 3. The first-order valence-corrected chi connectivity index (χ1v) is 13.3. The molecule has 0 spiro atoms. The number of carboxylic acids is 1. The minimum Gasteiger partial charge on any atom is -0.477 e. The Morgan fingerprint density at radius 3 is 2.69 bits per heavy atom. The summed E-state index contributed by atoms with van der Waals surface area (Å²) in [6.45, 7) is 2.36. The van der Waals surface area contributed by atoms with E-state index in [-0.39, 0.29) is 22.9 Å². The van der Waals surface area contributed by atoms with Gasteiger partial charge in [-0.1, -0.05) is 23.2 Å². The Morgan fingerprint density at radius 1 is 1.15 bits per heavy atom. The van der Waals surface area contributed by atoms with Crippen molar-refractivity contribution in [3.05, 3.63) is 86.5 Å². The van der Waals surface area contributed by atoms with Crippen molar-refractivity contribution in [1.29, 1.82) is 0 Å². The molecule has 0 amide bonds. The Morgan fingerprint density at radius 2 is 2.00 bits per heavy atom. The minimum absolute atomic E-state index is 0.00198. The Labute approximate surface area is 233 Å². The summed E-state index contributed by atoms with van der Waals surface area (Å²) in [6.07, 6.45) is 6.46. The van der Waals surface area contributed by atoms with Crippen LogP contribution >= 0.6 is 23.2 Å². The van der Waals surface area contributed by atoms with Crippen molar-refractivity contribution in [2.45, 2.75) is 24.8 Å². The third kappa shape index (κ3) is 4.82. The maximum absolute atomic E-state index is 13.1. The van der Waals surface area contributed by atoms with Crippen LogP contribution < -0.4 is 15.1 Å². The first-order valence-electron chi connectivity index (χ1n) is 12.6. The van der Waals surface area contributed by atoms with Crippen molar-refractivity contribution in [3.8, 4) is 11.6 Å². The monoisotopic (exact) mass is 566 g/mol. The number of aromatic nitrogens is 3. The van der Waals surface area contributed by atoms with Gasteiger partial charge in [0.15, 0.2) is 0 Å². The molecule has 1 atom stereocenters. The van der Waals surface area contributed by atoms with Crippen molar-refractivity contribution < 1.29 is 19.4 Å². The number of anilines is 1. The summed E-state index contributed by atoms with van der Waals surface area (Å²) in [5.74, 6) is -0.688. The summed E-state index contributed by atoms with van der Waals surface area (Å²) < 4.78 is 12.9. The second-order valence-electron chi connectivity index (χ2n) is 9.63. The van der Waals surface area contributed by atoms with Gasteiger partial charge in [0.25, 0.3) is 0 Å². The largest absolute Gasteiger partial charge is 0.477 e. The zero-order valence-corrected chi connectivity index (χ0v) is 22.2. The van der Waals surface area contributed by atoms with Gasteiger partial charge in [0.2, 0.25) is 11.3 Å². The van der Waals surface area contributed by atoms with Gasteiger partial charge in [-0.2, -0.15) is 0 Å². The molecule has 11 heteroatoms. The molecule has 4 aromatic rings. The lowest BCUT2D eigenvalue weighted by Crippen LogP contribution is -2.34. The fraction of sp³-hybridized carbons (Fsp3) is 0.286. The third-order valence-electron chi connectivity index (χ3n) is 7.23. The standard InChI is InChI=1S/C28H24Cl2N4O5/c29-21-4-1-7-31-27(21)39-15-18-3-2-8-33(18)25-10-24-19(9-22(25)30)26(35)20(28(36)37)12-34(24)17-5-6-23(32-11-17)16-13-38-14-16/h1,4-7,9-12,16,18H,2-3,8,13-15H2,(H,36,37)/t18-/m1/s1. The van der Waals surface area contributed by atoms with Gasteiger partial charge in [-0.25, -0.2) is 9.78 Å². The summed E-state index contributed by atoms with van der Waals surface area (Å²) in [6, 6.07) is 10.6. The summed E-state index contributed by atoms with van der Waals surface area (Å²) in [5.41, 5.74) is 1.86. The van der Waals surface area contributed by atoms with Crippen LogP contribution in [0.4, 0.5) is 5.69 Å². The highest BCUT2D eigenvalue weighted by Gasteiger charge is 2.29. The van der Waals surface area contributed by atoms with Crippen LogP contribution in [0.3, 0.4) is 0 Å². The van der Waals surface area contributed by atoms with Crippen LogP contribution in [0.25, 0.3) is 16.6 Å². The van der Waals surface area contributed by atoms with Crippen LogP contribution in [-0.2, 0) is 4.74 Å². The number of carbonyl (C=O) groups is 1. The molecule has 0 aliphatic carbocycles. The molecule has 2 saturated heterocycles. The number of fused-ring (bicyclic) bond motifs is 1. The Kier molecular flexibility index (Phi) is 6.88. The SMILES string of the molecule is O=C(O)c1cn(-c2ccc(C3COC3)nc2)c2cc(N3CCC[C@@H]3COc3ncccc3Cl)c(Cl)cc2c1=O. The van der Waals surface area contributed by atoms with Crippen LogP contribution in [0, 0.1) is 0 Å². The van der Waals surface area contributed by atoms with E-state index in [2.05, 4.69) is 14.9 Å². The van der Waals surface area contributed by atoms with E-state index < -0.39 is 11.4 Å². The molecule has 9 nitrogen and oxygen atoms in total. The normalized spacial score (nSPS) is 17.4. The van der Waals surface area contributed by atoms with E-state index in [4.69, 9.17) is 32.7 Å². The number of halogens is 2. The highest BCUT2D eigenvalue weighted by Crippen LogP contribution is 2.36. The fourth-order valence-electron chi connectivity index (χ4n) is 5.09. The molecular formula is C28H24Cl2N4O5. The number of hydrogen-bond donors (Lipinski definition) is 1. The first kappa shape index (κ1) is 25.6. The van der Waals surface area contributed by atoms with E-state index in [0.29, 0.717) is 46.9 Å². The number of ether oxygens (including phenoxy) is 2. The van der Waals surface area contributed by atoms with Crippen molar-refractivity contribution in [2.75, 3.05) is 31.3 Å². The Bertz CT molecular complexity index is 1620. The van der Waals surface area contributed by atoms with E-state index in [1.54, 1.807) is 35.2 Å². The minimum atomic E-state index is -1.31. The molecule has 2 fully saturated rings. The van der Waals surface area contributed by atoms with Gasteiger partial charge >= 0.3 is 5.97 Å². The maximum Gasteiger partial charge on any atom is 0.341 e. The van der Waals surface area contributed by atoms with Crippen LogP contribution in [-0.4, -0.2) is 58.0 Å². The number of benzene rings is 1. The highest BCUT2D eigenvalue weighted by atomic mass is 35.5. The lowest BCUT2D eigenvalue weighted by atomic mass is 10.0. The zero-order valence-electron chi connectivity index (χ0n) is 20.7. The molecule has 2 aliphatic heterocycles. The van der Waals surface area contributed by atoms with E-state index in [1.165, 1.54) is 6.20 Å². The molecule has 0 saturated carbocycles. The summed E-state index contributed by atoms with van der Waals surface area (Å²) in [5, 5.41) is 10.8. The zero-order chi connectivity index (χ0) is 27.1. The van der Waals surface area contributed by atoms with Gasteiger partial charge in [0.05, 0.1) is 47.4 Å². The number of rotatable bonds is 7. The second-order valence-corrected chi connectivity index (χ2v) is 10.4. The molecule has 0 radical (unpaired) electrons. The topological polar surface area (TPSA) is 107 Å². The number of nitrogens with zero attached hydrogens (tertiary/aromatic N) is 4. The van der Waals surface area contributed by atoms with E-state index in [1.807, 2.05) is 18.2 Å². The summed E-state index contributed by atoms with van der Waals surface area (Å²) in [4.78, 5) is 36.0. The van der Waals surface area contributed by atoms with E-state index in [9.17, 15) is 14.7 Å². The molecule has 39 heavy (non-hydrogen) atoms. The van der Waals surface area contributed by atoms with Gasteiger partial charge in [-0.3, -0.25) is 9.78 Å².